The summed E-state index contributed by atoms with van der Waals surface area (Å²) in [5.41, 5.74) is 1.27. The largest absolute Gasteiger partial charge is 0.475 e. The summed E-state index contributed by atoms with van der Waals surface area (Å²) in [4.78, 5) is 24.8. The van der Waals surface area contributed by atoms with Crippen molar-refractivity contribution in [3.63, 3.8) is 0 Å². The summed E-state index contributed by atoms with van der Waals surface area (Å²) in [5.74, 6) is -0.191. The fraction of sp³-hybridized carbons (Fsp3) is 0.409. The Labute approximate surface area is 188 Å². The third-order valence-electron chi connectivity index (χ3n) is 5.41. The number of aromatic nitrogens is 5. The molecule has 1 amide bonds. The number of alkyl halides is 3. The van der Waals surface area contributed by atoms with E-state index in [1.54, 1.807) is 37.1 Å². The molecule has 1 atom stereocenters. The van der Waals surface area contributed by atoms with Crippen molar-refractivity contribution >= 4 is 5.91 Å². The van der Waals surface area contributed by atoms with Crippen LogP contribution in [0.1, 0.15) is 46.7 Å². The van der Waals surface area contributed by atoms with Crippen molar-refractivity contribution < 1.29 is 22.7 Å². The van der Waals surface area contributed by atoms with Gasteiger partial charge in [0, 0.05) is 24.5 Å². The summed E-state index contributed by atoms with van der Waals surface area (Å²) in [6.07, 6.45) is 0.322. The lowest BCUT2D eigenvalue weighted by Crippen LogP contribution is -2.47. The zero-order valence-electron chi connectivity index (χ0n) is 18.2. The number of piperidine rings is 1. The van der Waals surface area contributed by atoms with Gasteiger partial charge in [-0.3, -0.25) is 4.79 Å². The molecule has 0 N–H and O–H groups in total. The average molecular weight is 460 g/mol. The molecule has 1 fully saturated rings. The number of pyridine rings is 2. The molecule has 0 radical (unpaired) electrons. The average Bonchev–Trinajstić information content (AvgIpc) is 3.23. The molecular formula is C22H23F3N6O2. The lowest BCUT2D eigenvalue weighted by atomic mass is 10.0. The van der Waals surface area contributed by atoms with Gasteiger partial charge in [-0.25, -0.2) is 9.97 Å². The predicted molar refractivity (Wildman–Crippen MR) is 112 cm³/mol. The number of carbonyl (C=O) groups excluding carboxylic acids is 1. The summed E-state index contributed by atoms with van der Waals surface area (Å²) < 4.78 is 43.9. The van der Waals surface area contributed by atoms with Gasteiger partial charge in [0.05, 0.1) is 23.5 Å². The fourth-order valence-corrected chi connectivity index (χ4v) is 3.72. The van der Waals surface area contributed by atoms with Crippen LogP contribution in [0.3, 0.4) is 0 Å². The summed E-state index contributed by atoms with van der Waals surface area (Å²) in [6, 6.07) is 5.39. The zero-order chi connectivity index (χ0) is 23.6. The monoisotopic (exact) mass is 460 g/mol. The molecular weight excluding hydrogens is 437 g/mol. The lowest BCUT2D eigenvalue weighted by Gasteiger charge is -2.35. The van der Waals surface area contributed by atoms with E-state index < -0.39 is 11.7 Å². The minimum atomic E-state index is -4.46. The van der Waals surface area contributed by atoms with Gasteiger partial charge in [0.2, 0.25) is 5.88 Å². The van der Waals surface area contributed by atoms with E-state index in [9.17, 15) is 18.0 Å². The molecule has 1 unspecified atom stereocenters. The van der Waals surface area contributed by atoms with Crippen LogP contribution in [-0.2, 0) is 6.18 Å². The van der Waals surface area contributed by atoms with Gasteiger partial charge >= 0.3 is 6.18 Å². The maximum atomic E-state index is 13.5. The second kappa shape index (κ2) is 9.16. The zero-order valence-corrected chi connectivity index (χ0v) is 18.2. The van der Waals surface area contributed by atoms with Crippen LogP contribution >= 0.6 is 0 Å². The van der Waals surface area contributed by atoms with Crippen molar-refractivity contribution in [1.29, 1.82) is 0 Å². The van der Waals surface area contributed by atoms with Gasteiger partial charge in [0.25, 0.3) is 5.91 Å². The molecule has 4 heterocycles. The Bertz CT molecular complexity index is 1130. The van der Waals surface area contributed by atoms with E-state index in [1.165, 1.54) is 10.9 Å². The minimum absolute atomic E-state index is 0.0755. The molecule has 4 rings (SSSR count). The highest BCUT2D eigenvalue weighted by Gasteiger charge is 2.32. The Morgan fingerprint density at radius 2 is 1.94 bits per heavy atom. The van der Waals surface area contributed by atoms with Crippen molar-refractivity contribution in [1.82, 2.24) is 29.9 Å². The summed E-state index contributed by atoms with van der Waals surface area (Å²) in [7, 11) is 0. The number of halogens is 3. The molecule has 3 aromatic heterocycles. The van der Waals surface area contributed by atoms with E-state index in [2.05, 4.69) is 20.2 Å². The third-order valence-corrected chi connectivity index (χ3v) is 5.41. The van der Waals surface area contributed by atoms with Crippen LogP contribution in [0, 0.1) is 13.8 Å². The maximum absolute atomic E-state index is 13.5. The smallest absolute Gasteiger partial charge is 0.417 e. The Hall–Kier alpha value is -3.50. The predicted octanol–water partition coefficient (Wildman–Crippen LogP) is 3.77. The number of ether oxygens (including phenoxy) is 1. The van der Waals surface area contributed by atoms with Gasteiger partial charge in [0.15, 0.2) is 5.69 Å². The second-order valence-corrected chi connectivity index (χ2v) is 7.94. The molecule has 0 saturated carbocycles. The molecule has 1 saturated heterocycles. The van der Waals surface area contributed by atoms with Crippen LogP contribution in [-0.4, -0.2) is 55.0 Å². The van der Waals surface area contributed by atoms with Gasteiger partial charge in [-0.1, -0.05) is 0 Å². The first kappa shape index (κ1) is 22.7. The lowest BCUT2D eigenvalue weighted by molar-refractivity contribution is -0.137. The van der Waals surface area contributed by atoms with Crippen LogP contribution in [0.25, 0.3) is 5.69 Å². The Morgan fingerprint density at radius 3 is 2.61 bits per heavy atom. The van der Waals surface area contributed by atoms with E-state index >= 15 is 0 Å². The first-order valence-corrected chi connectivity index (χ1v) is 10.6. The first-order chi connectivity index (χ1) is 15.7. The molecule has 3 aromatic rings. The standard InChI is InChI=1S/C22H23F3N6O2/c1-14-6-8-18(31-27-11-15(2)29-31)20(28-14)21(32)30-10-4-3-5-17(30)13-33-19-9-7-16(12-26-19)22(23,24)25/h6-9,11-12,17H,3-5,10,13H2,1-2H3. The van der Waals surface area contributed by atoms with Gasteiger partial charge in [-0.05, 0) is 51.3 Å². The number of aryl methyl sites for hydroxylation is 2. The number of carbonyl (C=O) groups is 1. The molecule has 0 aromatic carbocycles. The van der Waals surface area contributed by atoms with Crippen molar-refractivity contribution in [2.45, 2.75) is 45.3 Å². The van der Waals surface area contributed by atoms with E-state index in [0.717, 1.165) is 25.1 Å². The number of hydrogen-bond acceptors (Lipinski definition) is 6. The highest BCUT2D eigenvalue weighted by atomic mass is 19.4. The molecule has 1 aliphatic rings. The van der Waals surface area contributed by atoms with E-state index in [-0.39, 0.29) is 30.1 Å². The minimum Gasteiger partial charge on any atom is -0.475 e. The maximum Gasteiger partial charge on any atom is 0.417 e. The molecule has 0 bridgehead atoms. The van der Waals surface area contributed by atoms with Gasteiger partial charge < -0.3 is 9.64 Å². The number of amides is 1. The highest BCUT2D eigenvalue weighted by Crippen LogP contribution is 2.29. The van der Waals surface area contributed by atoms with E-state index in [0.29, 0.717) is 30.0 Å². The molecule has 33 heavy (non-hydrogen) atoms. The molecule has 1 aliphatic heterocycles. The van der Waals surface area contributed by atoms with Crippen LogP contribution < -0.4 is 4.74 Å². The molecule has 8 nitrogen and oxygen atoms in total. The summed E-state index contributed by atoms with van der Waals surface area (Å²) in [6.45, 7) is 4.24. The van der Waals surface area contributed by atoms with Crippen LogP contribution in [0.5, 0.6) is 5.88 Å². The highest BCUT2D eigenvalue weighted by molar-refractivity contribution is 5.96. The summed E-state index contributed by atoms with van der Waals surface area (Å²) in [5, 5.41) is 8.50. The van der Waals surface area contributed by atoms with Gasteiger partial charge in [-0.2, -0.15) is 23.4 Å². The molecule has 174 valence electrons. The van der Waals surface area contributed by atoms with Crippen molar-refractivity contribution in [2.75, 3.05) is 13.2 Å². The Morgan fingerprint density at radius 1 is 1.12 bits per heavy atom. The number of hydrogen-bond donors (Lipinski definition) is 0. The van der Waals surface area contributed by atoms with Gasteiger partial charge in [0.1, 0.15) is 12.3 Å². The van der Waals surface area contributed by atoms with Crippen LogP contribution in [0.15, 0.2) is 36.7 Å². The first-order valence-electron chi connectivity index (χ1n) is 10.6. The van der Waals surface area contributed by atoms with Crippen molar-refractivity contribution in [3.05, 3.63) is 59.3 Å². The molecule has 0 aliphatic carbocycles. The van der Waals surface area contributed by atoms with Crippen LogP contribution in [0.2, 0.25) is 0 Å². The third kappa shape index (κ3) is 5.12. The topological polar surface area (TPSA) is 86.0 Å². The van der Waals surface area contributed by atoms with E-state index in [1.807, 2.05) is 0 Å². The van der Waals surface area contributed by atoms with Gasteiger partial charge in [-0.15, -0.1) is 4.80 Å². The van der Waals surface area contributed by atoms with Crippen LogP contribution in [0.4, 0.5) is 13.2 Å². The second-order valence-electron chi connectivity index (χ2n) is 7.94. The van der Waals surface area contributed by atoms with E-state index in [4.69, 9.17) is 4.74 Å². The number of nitrogens with zero attached hydrogens (tertiary/aromatic N) is 6. The van der Waals surface area contributed by atoms with Crippen molar-refractivity contribution in [3.8, 4) is 11.6 Å². The SMILES string of the molecule is Cc1ccc(-n2ncc(C)n2)c(C(=O)N2CCCCC2COc2ccc(C(F)(F)F)cn2)n1. The number of likely N-dealkylation sites (tertiary alicyclic amines) is 1. The quantitative estimate of drug-likeness (QED) is 0.576. The fourth-order valence-electron chi connectivity index (χ4n) is 3.72. The molecule has 0 spiro atoms. The summed E-state index contributed by atoms with van der Waals surface area (Å²) >= 11 is 0. The van der Waals surface area contributed by atoms with Crippen molar-refractivity contribution in [2.24, 2.45) is 0 Å². The Balaban J connectivity index is 1.53. The normalized spacial score (nSPS) is 16.6. The Kier molecular flexibility index (Phi) is 6.30. The molecule has 11 heteroatoms. The number of rotatable bonds is 5.